The van der Waals surface area contributed by atoms with Gasteiger partial charge < -0.3 is 10.2 Å². The second kappa shape index (κ2) is 8.86. The lowest BCUT2D eigenvalue weighted by Gasteiger charge is -2.19. The minimum absolute atomic E-state index is 0.0546. The monoisotopic (exact) mass is 344 g/mol. The van der Waals surface area contributed by atoms with Crippen LogP contribution in [0.2, 0.25) is 0 Å². The van der Waals surface area contributed by atoms with Crippen molar-refractivity contribution in [3.8, 4) is 11.1 Å². The van der Waals surface area contributed by atoms with Gasteiger partial charge in [-0.1, -0.05) is 72.8 Å². The summed E-state index contributed by atoms with van der Waals surface area (Å²) in [5.41, 5.74) is 4.53. The van der Waals surface area contributed by atoms with E-state index < -0.39 is 0 Å². The number of nitrogens with one attached hydrogen (secondary N) is 1. The van der Waals surface area contributed by atoms with E-state index in [-0.39, 0.29) is 5.91 Å². The third-order valence-corrected chi connectivity index (χ3v) is 4.39. The van der Waals surface area contributed by atoms with Crippen LogP contribution < -0.4 is 10.2 Å². The van der Waals surface area contributed by atoms with Gasteiger partial charge in [-0.05, 0) is 28.8 Å². The second-order valence-corrected chi connectivity index (χ2v) is 6.35. The number of anilines is 1. The Bertz CT molecular complexity index is 814. The predicted molar refractivity (Wildman–Crippen MR) is 108 cm³/mol. The van der Waals surface area contributed by atoms with E-state index in [1.807, 2.05) is 55.6 Å². The number of carbonyl (C=O) groups is 1. The Labute approximate surface area is 155 Å². The van der Waals surface area contributed by atoms with Gasteiger partial charge in [0, 0.05) is 25.8 Å². The van der Waals surface area contributed by atoms with E-state index in [2.05, 4.69) is 46.6 Å². The standard InChI is InChI=1S/C23H24N2O/c1-25(22-10-6-3-7-11-22)17-16-24-23(26)18-19-12-14-21(15-13-19)20-8-4-2-5-9-20/h2-15H,16-18H2,1H3,(H,24,26). The number of hydrogen-bond donors (Lipinski definition) is 1. The molecule has 3 nitrogen and oxygen atoms in total. The molecule has 0 unspecified atom stereocenters. The minimum atomic E-state index is 0.0546. The van der Waals surface area contributed by atoms with Gasteiger partial charge in [0.05, 0.1) is 6.42 Å². The highest BCUT2D eigenvalue weighted by atomic mass is 16.1. The Morgan fingerprint density at radius 1 is 0.808 bits per heavy atom. The molecule has 1 amide bonds. The molecule has 1 N–H and O–H groups in total. The Morgan fingerprint density at radius 3 is 2.04 bits per heavy atom. The van der Waals surface area contributed by atoms with Gasteiger partial charge in [-0.3, -0.25) is 4.79 Å². The molecular formula is C23H24N2O. The van der Waals surface area contributed by atoms with Crippen molar-refractivity contribution < 1.29 is 4.79 Å². The van der Waals surface area contributed by atoms with Crippen molar-refractivity contribution in [1.82, 2.24) is 5.32 Å². The van der Waals surface area contributed by atoms with Crippen molar-refractivity contribution in [2.45, 2.75) is 6.42 Å². The molecular weight excluding hydrogens is 320 g/mol. The molecule has 0 aromatic heterocycles. The highest BCUT2D eigenvalue weighted by molar-refractivity contribution is 5.79. The van der Waals surface area contributed by atoms with Gasteiger partial charge in [-0.2, -0.15) is 0 Å². The summed E-state index contributed by atoms with van der Waals surface area (Å²) in [6.07, 6.45) is 0.407. The summed E-state index contributed by atoms with van der Waals surface area (Å²) in [5, 5.41) is 3.00. The number of benzene rings is 3. The molecule has 0 saturated heterocycles. The molecule has 0 saturated carbocycles. The lowest BCUT2D eigenvalue weighted by Crippen LogP contribution is -2.33. The number of rotatable bonds is 7. The Balaban J connectivity index is 1.46. The molecule has 0 aliphatic rings. The number of para-hydroxylation sites is 1. The van der Waals surface area contributed by atoms with Gasteiger partial charge >= 0.3 is 0 Å². The van der Waals surface area contributed by atoms with Crippen molar-refractivity contribution in [2.75, 3.05) is 25.0 Å². The van der Waals surface area contributed by atoms with Crippen LogP contribution in [0, 0.1) is 0 Å². The minimum Gasteiger partial charge on any atom is -0.373 e. The first kappa shape index (κ1) is 17.7. The fraction of sp³-hybridized carbons (Fsp3) is 0.174. The zero-order valence-electron chi connectivity index (χ0n) is 15.1. The van der Waals surface area contributed by atoms with Gasteiger partial charge in [-0.15, -0.1) is 0 Å². The number of amides is 1. The van der Waals surface area contributed by atoms with Crippen molar-refractivity contribution in [3.63, 3.8) is 0 Å². The van der Waals surface area contributed by atoms with E-state index in [1.54, 1.807) is 0 Å². The highest BCUT2D eigenvalue weighted by Crippen LogP contribution is 2.19. The molecule has 0 radical (unpaired) electrons. The van der Waals surface area contributed by atoms with Crippen LogP contribution >= 0.6 is 0 Å². The van der Waals surface area contributed by atoms with Gasteiger partial charge in [0.1, 0.15) is 0 Å². The lowest BCUT2D eigenvalue weighted by molar-refractivity contribution is -0.120. The van der Waals surface area contributed by atoms with Crippen LogP contribution in [0.4, 0.5) is 5.69 Å². The first-order valence-electron chi connectivity index (χ1n) is 8.89. The summed E-state index contributed by atoms with van der Waals surface area (Å²) < 4.78 is 0. The summed E-state index contributed by atoms with van der Waals surface area (Å²) >= 11 is 0. The average molecular weight is 344 g/mol. The maximum atomic E-state index is 12.2. The Morgan fingerprint density at radius 2 is 1.38 bits per heavy atom. The summed E-state index contributed by atoms with van der Waals surface area (Å²) in [7, 11) is 2.03. The maximum absolute atomic E-state index is 12.2. The smallest absolute Gasteiger partial charge is 0.224 e. The average Bonchev–Trinajstić information content (AvgIpc) is 2.70. The molecule has 0 atom stereocenters. The lowest BCUT2D eigenvalue weighted by atomic mass is 10.0. The molecule has 0 heterocycles. The van der Waals surface area contributed by atoms with E-state index in [1.165, 1.54) is 11.1 Å². The molecule has 26 heavy (non-hydrogen) atoms. The third-order valence-electron chi connectivity index (χ3n) is 4.39. The molecule has 0 spiro atoms. The second-order valence-electron chi connectivity index (χ2n) is 6.35. The van der Waals surface area contributed by atoms with Crippen molar-refractivity contribution in [1.29, 1.82) is 0 Å². The topological polar surface area (TPSA) is 32.3 Å². The number of likely N-dealkylation sites (N-methyl/N-ethyl adjacent to an activating group) is 1. The van der Waals surface area contributed by atoms with E-state index in [9.17, 15) is 4.79 Å². The molecule has 0 aliphatic heterocycles. The number of hydrogen-bond acceptors (Lipinski definition) is 2. The zero-order chi connectivity index (χ0) is 18.2. The van der Waals surface area contributed by atoms with E-state index in [0.717, 1.165) is 17.8 Å². The largest absolute Gasteiger partial charge is 0.373 e. The molecule has 0 aliphatic carbocycles. The summed E-state index contributed by atoms with van der Waals surface area (Å²) in [4.78, 5) is 14.3. The quantitative estimate of drug-likeness (QED) is 0.698. The van der Waals surface area contributed by atoms with E-state index in [0.29, 0.717) is 13.0 Å². The van der Waals surface area contributed by atoms with Crippen LogP contribution in [-0.4, -0.2) is 26.0 Å². The first-order chi connectivity index (χ1) is 12.7. The van der Waals surface area contributed by atoms with Crippen LogP contribution in [0.5, 0.6) is 0 Å². The van der Waals surface area contributed by atoms with Gasteiger partial charge in [-0.25, -0.2) is 0 Å². The zero-order valence-corrected chi connectivity index (χ0v) is 15.1. The maximum Gasteiger partial charge on any atom is 0.224 e. The van der Waals surface area contributed by atoms with Crippen molar-refractivity contribution in [2.24, 2.45) is 0 Å². The fourth-order valence-corrected chi connectivity index (χ4v) is 2.87. The van der Waals surface area contributed by atoms with Crippen LogP contribution in [0.1, 0.15) is 5.56 Å². The number of nitrogens with zero attached hydrogens (tertiary/aromatic N) is 1. The van der Waals surface area contributed by atoms with Gasteiger partial charge in [0.15, 0.2) is 0 Å². The normalized spacial score (nSPS) is 10.3. The third kappa shape index (κ3) is 4.96. The summed E-state index contributed by atoms with van der Waals surface area (Å²) in [6, 6.07) is 28.6. The highest BCUT2D eigenvalue weighted by Gasteiger charge is 2.05. The van der Waals surface area contributed by atoms with Gasteiger partial charge in [0.2, 0.25) is 5.91 Å². The van der Waals surface area contributed by atoms with Crippen LogP contribution in [0.25, 0.3) is 11.1 Å². The molecule has 0 fully saturated rings. The van der Waals surface area contributed by atoms with Gasteiger partial charge in [0.25, 0.3) is 0 Å². The van der Waals surface area contributed by atoms with Crippen molar-refractivity contribution >= 4 is 11.6 Å². The summed E-state index contributed by atoms with van der Waals surface area (Å²) in [6.45, 7) is 1.41. The Kier molecular flexibility index (Phi) is 6.05. The molecule has 3 heteroatoms. The van der Waals surface area contributed by atoms with Crippen LogP contribution in [-0.2, 0) is 11.2 Å². The molecule has 3 aromatic rings. The fourth-order valence-electron chi connectivity index (χ4n) is 2.87. The van der Waals surface area contributed by atoms with Crippen LogP contribution in [0.15, 0.2) is 84.9 Å². The molecule has 0 bridgehead atoms. The van der Waals surface area contributed by atoms with E-state index >= 15 is 0 Å². The summed E-state index contributed by atoms with van der Waals surface area (Å²) in [5.74, 6) is 0.0546. The first-order valence-corrected chi connectivity index (χ1v) is 8.89. The predicted octanol–water partition coefficient (Wildman–Crippen LogP) is 4.15. The van der Waals surface area contributed by atoms with Crippen LogP contribution in [0.3, 0.4) is 0 Å². The molecule has 3 rings (SSSR count). The molecule has 3 aromatic carbocycles. The Hall–Kier alpha value is -3.07. The van der Waals surface area contributed by atoms with Crippen molar-refractivity contribution in [3.05, 3.63) is 90.5 Å². The number of carbonyl (C=O) groups excluding carboxylic acids is 1. The molecule has 132 valence electrons. The SMILES string of the molecule is CN(CCNC(=O)Cc1ccc(-c2ccccc2)cc1)c1ccccc1. The van der Waals surface area contributed by atoms with E-state index in [4.69, 9.17) is 0 Å².